The molecule has 2 heterocycles. The van der Waals surface area contributed by atoms with E-state index in [0.717, 1.165) is 5.82 Å². The van der Waals surface area contributed by atoms with Crippen molar-refractivity contribution in [2.45, 2.75) is 6.92 Å². The Bertz CT molecular complexity index is 1040. The fourth-order valence-electron chi connectivity index (χ4n) is 3.38. The first-order chi connectivity index (χ1) is 11.7. The van der Waals surface area contributed by atoms with E-state index in [-0.39, 0.29) is 0 Å². The fourth-order valence-corrected chi connectivity index (χ4v) is 3.38. The summed E-state index contributed by atoms with van der Waals surface area (Å²) in [5.41, 5.74) is 4.98. The summed E-state index contributed by atoms with van der Waals surface area (Å²) in [6.45, 7) is 2.16. The minimum atomic E-state index is 1.13. The molecule has 2 aromatic carbocycles. The Balaban J connectivity index is 1.95. The molecule has 0 fully saturated rings. The lowest BCUT2D eigenvalue weighted by Crippen LogP contribution is -2.51. The number of aryl methyl sites for hydroxylation is 2. The third-order valence-electron chi connectivity index (χ3n) is 4.73. The lowest BCUT2D eigenvalue weighted by Gasteiger charge is -2.04. The van der Waals surface area contributed by atoms with Crippen molar-refractivity contribution >= 4 is 10.9 Å². The highest BCUT2D eigenvalue weighted by atomic mass is 15.4. The molecule has 0 N–H and O–H groups in total. The van der Waals surface area contributed by atoms with Gasteiger partial charge >= 0.3 is 5.82 Å². The van der Waals surface area contributed by atoms with Gasteiger partial charge < -0.3 is 0 Å². The molecule has 0 aliphatic rings. The van der Waals surface area contributed by atoms with E-state index in [1.54, 1.807) is 0 Å². The van der Waals surface area contributed by atoms with Crippen LogP contribution >= 0.6 is 0 Å². The Kier molecular flexibility index (Phi) is 3.42. The molecular formula is C21H21N3+2. The summed E-state index contributed by atoms with van der Waals surface area (Å²) in [4.78, 5) is 0. The summed E-state index contributed by atoms with van der Waals surface area (Å²) in [6, 6.07) is 23.4. The van der Waals surface area contributed by atoms with Gasteiger partial charge in [-0.3, -0.25) is 0 Å². The van der Waals surface area contributed by atoms with Crippen molar-refractivity contribution in [2.75, 3.05) is 0 Å². The van der Waals surface area contributed by atoms with E-state index >= 15 is 0 Å². The van der Waals surface area contributed by atoms with Gasteiger partial charge in [0.05, 0.1) is 18.5 Å². The van der Waals surface area contributed by atoms with Gasteiger partial charge in [-0.15, -0.1) is 9.25 Å². The molecule has 118 valence electrons. The number of aromatic nitrogens is 3. The number of pyridine rings is 1. The lowest BCUT2D eigenvalue weighted by atomic mass is 10.1. The number of para-hydroxylation sites is 1. The van der Waals surface area contributed by atoms with E-state index in [4.69, 9.17) is 0 Å². The molecule has 4 rings (SSSR count). The van der Waals surface area contributed by atoms with E-state index < -0.39 is 0 Å². The Morgan fingerprint density at radius 1 is 0.833 bits per heavy atom. The van der Waals surface area contributed by atoms with Crippen molar-refractivity contribution in [3.63, 3.8) is 0 Å². The number of benzene rings is 2. The van der Waals surface area contributed by atoms with Crippen molar-refractivity contribution in [1.82, 2.24) is 4.68 Å². The average Bonchev–Trinajstić information content (AvgIpc) is 2.93. The zero-order chi connectivity index (χ0) is 16.7. The van der Waals surface area contributed by atoms with Gasteiger partial charge in [0, 0.05) is 11.6 Å². The minimum absolute atomic E-state index is 1.13. The molecule has 0 amide bonds. The van der Waals surface area contributed by atoms with Crippen LogP contribution in [0.5, 0.6) is 0 Å². The zero-order valence-electron chi connectivity index (χ0n) is 14.3. The second kappa shape index (κ2) is 5.60. The number of fused-ring (bicyclic) bond motifs is 1. The van der Waals surface area contributed by atoms with Gasteiger partial charge in [0.15, 0.2) is 0 Å². The average molecular weight is 315 g/mol. The predicted molar refractivity (Wildman–Crippen MR) is 95.8 cm³/mol. The molecule has 0 radical (unpaired) electrons. The van der Waals surface area contributed by atoms with Gasteiger partial charge in [-0.25, -0.2) is 0 Å². The predicted octanol–water partition coefficient (Wildman–Crippen LogP) is 3.25. The number of rotatable bonds is 2. The molecule has 0 saturated carbocycles. The summed E-state index contributed by atoms with van der Waals surface area (Å²) >= 11 is 0. The number of nitrogens with zero attached hydrogens (tertiary/aromatic N) is 3. The first kappa shape index (κ1) is 14.6. The highest BCUT2D eigenvalue weighted by molar-refractivity contribution is 5.77. The number of hydrogen-bond acceptors (Lipinski definition) is 0. The Morgan fingerprint density at radius 2 is 1.58 bits per heavy atom. The summed E-state index contributed by atoms with van der Waals surface area (Å²) in [7, 11) is 4.23. The molecule has 2 aromatic heterocycles. The minimum Gasteiger partial charge on any atom is -0.145 e. The van der Waals surface area contributed by atoms with Crippen molar-refractivity contribution < 1.29 is 9.25 Å². The van der Waals surface area contributed by atoms with Crippen molar-refractivity contribution in [3.05, 3.63) is 78.5 Å². The molecule has 0 aliphatic carbocycles. The van der Waals surface area contributed by atoms with Crippen LogP contribution < -0.4 is 9.25 Å². The van der Waals surface area contributed by atoms with Crippen LogP contribution in [0.25, 0.3) is 28.0 Å². The molecule has 0 bridgehead atoms. The molecule has 24 heavy (non-hydrogen) atoms. The highest BCUT2D eigenvalue weighted by Crippen LogP contribution is 2.20. The molecule has 0 unspecified atom stereocenters. The maximum Gasteiger partial charge on any atom is 0.472 e. The topological polar surface area (TPSA) is 12.7 Å². The molecule has 3 heteroatoms. The maximum atomic E-state index is 2.25. The van der Waals surface area contributed by atoms with Crippen LogP contribution in [0.2, 0.25) is 0 Å². The summed E-state index contributed by atoms with van der Waals surface area (Å²) < 4.78 is 6.64. The molecular weight excluding hydrogens is 294 g/mol. The van der Waals surface area contributed by atoms with Gasteiger partial charge in [-0.1, -0.05) is 30.3 Å². The van der Waals surface area contributed by atoms with E-state index in [0.29, 0.717) is 0 Å². The normalized spacial score (nSPS) is 11.1. The van der Waals surface area contributed by atoms with E-state index in [9.17, 15) is 0 Å². The summed E-state index contributed by atoms with van der Waals surface area (Å²) in [6.07, 6.45) is 2.19. The van der Waals surface area contributed by atoms with Crippen LogP contribution in [0, 0.1) is 6.92 Å². The van der Waals surface area contributed by atoms with E-state index in [1.807, 2.05) is 0 Å². The summed E-state index contributed by atoms with van der Waals surface area (Å²) in [5.74, 6) is 1.13. The third-order valence-corrected chi connectivity index (χ3v) is 4.73. The van der Waals surface area contributed by atoms with Gasteiger partial charge in [0.2, 0.25) is 11.9 Å². The van der Waals surface area contributed by atoms with Crippen molar-refractivity contribution in [2.24, 2.45) is 14.1 Å². The highest BCUT2D eigenvalue weighted by Gasteiger charge is 2.26. The van der Waals surface area contributed by atoms with Crippen LogP contribution in [-0.4, -0.2) is 4.68 Å². The first-order valence-electron chi connectivity index (χ1n) is 8.18. The first-order valence-corrected chi connectivity index (χ1v) is 8.18. The monoisotopic (exact) mass is 315 g/mol. The third kappa shape index (κ3) is 2.21. The van der Waals surface area contributed by atoms with Crippen molar-refractivity contribution in [3.8, 4) is 17.1 Å². The van der Waals surface area contributed by atoms with Gasteiger partial charge in [-0.2, -0.15) is 0 Å². The summed E-state index contributed by atoms with van der Waals surface area (Å²) in [5, 5.41) is 1.24. The Labute approximate surface area is 142 Å². The van der Waals surface area contributed by atoms with Crippen LogP contribution in [0.4, 0.5) is 0 Å². The molecule has 3 nitrogen and oxygen atoms in total. The van der Waals surface area contributed by atoms with Crippen LogP contribution in [0.15, 0.2) is 72.9 Å². The molecule has 0 spiro atoms. The van der Waals surface area contributed by atoms with E-state index in [2.05, 4.69) is 108 Å². The van der Waals surface area contributed by atoms with Crippen LogP contribution in [0.3, 0.4) is 0 Å². The SMILES string of the molecule is Cc1ccccc1-c1cccc(-[n+]2cc3ccccc3n2C)[n+]1C. The smallest absolute Gasteiger partial charge is 0.145 e. The number of hydrogen-bond donors (Lipinski definition) is 0. The lowest BCUT2D eigenvalue weighted by molar-refractivity contribution is -0.807. The molecule has 0 saturated heterocycles. The van der Waals surface area contributed by atoms with Crippen molar-refractivity contribution in [1.29, 1.82) is 0 Å². The van der Waals surface area contributed by atoms with Gasteiger partial charge in [0.25, 0.3) is 0 Å². The molecule has 0 atom stereocenters. The van der Waals surface area contributed by atoms with Gasteiger partial charge in [0.1, 0.15) is 12.6 Å². The molecule has 0 aliphatic heterocycles. The van der Waals surface area contributed by atoms with Gasteiger partial charge in [-0.05, 0) is 41.4 Å². The second-order valence-corrected chi connectivity index (χ2v) is 6.20. The standard InChI is InChI=1S/C21H21N3/c1-16-9-4-6-11-18(16)20-13-8-14-21(22(20)2)24-15-17-10-5-7-12-19(17)23(24)3/h4-15H,1-3H3/q+2. The van der Waals surface area contributed by atoms with Crippen LogP contribution in [-0.2, 0) is 14.1 Å². The fraction of sp³-hybridized carbons (Fsp3) is 0.143. The van der Waals surface area contributed by atoms with E-state index in [1.165, 1.54) is 27.7 Å². The Morgan fingerprint density at radius 3 is 2.38 bits per heavy atom. The van der Waals surface area contributed by atoms with Crippen LogP contribution in [0.1, 0.15) is 5.56 Å². The second-order valence-electron chi connectivity index (χ2n) is 6.20. The maximum absolute atomic E-state index is 2.25. The largest absolute Gasteiger partial charge is 0.472 e. The Hall–Kier alpha value is -2.94. The molecule has 4 aromatic rings. The quantitative estimate of drug-likeness (QED) is 0.504. The zero-order valence-corrected chi connectivity index (χ0v) is 14.3.